The van der Waals surface area contributed by atoms with Crippen molar-refractivity contribution in [1.29, 1.82) is 0 Å². The molecule has 1 N–H and O–H groups in total. The summed E-state index contributed by atoms with van der Waals surface area (Å²) >= 11 is 0. The molecule has 0 aliphatic rings. The zero-order valence-corrected chi connectivity index (χ0v) is 9.49. The highest BCUT2D eigenvalue weighted by Crippen LogP contribution is 2.22. The number of nitro benzene ring substituents is 1. The SMILES string of the molecule is Cn1ccc(-c2nc3ccc([N+](=O)[O-])cc3[nH]2)n1. The molecule has 0 atom stereocenters. The normalized spacial score (nSPS) is 10.9. The first-order chi connectivity index (χ1) is 8.63. The molecule has 1 aromatic carbocycles. The highest BCUT2D eigenvalue weighted by Gasteiger charge is 2.11. The second kappa shape index (κ2) is 3.66. The van der Waals surface area contributed by atoms with Gasteiger partial charge in [0.15, 0.2) is 5.82 Å². The highest BCUT2D eigenvalue weighted by molar-refractivity contribution is 5.80. The van der Waals surface area contributed by atoms with E-state index in [-0.39, 0.29) is 5.69 Å². The van der Waals surface area contributed by atoms with Gasteiger partial charge in [0.1, 0.15) is 5.69 Å². The molecule has 0 saturated heterocycles. The van der Waals surface area contributed by atoms with Crippen LogP contribution in [-0.4, -0.2) is 24.7 Å². The van der Waals surface area contributed by atoms with Gasteiger partial charge in [-0.15, -0.1) is 0 Å². The maximum absolute atomic E-state index is 10.7. The fraction of sp³-hybridized carbons (Fsp3) is 0.0909. The summed E-state index contributed by atoms with van der Waals surface area (Å²) in [7, 11) is 1.82. The van der Waals surface area contributed by atoms with Gasteiger partial charge in [-0.3, -0.25) is 14.8 Å². The molecule has 0 unspecified atom stereocenters. The van der Waals surface area contributed by atoms with Gasteiger partial charge < -0.3 is 4.98 Å². The minimum atomic E-state index is -0.430. The van der Waals surface area contributed by atoms with Crippen LogP contribution in [0.1, 0.15) is 0 Å². The van der Waals surface area contributed by atoms with Crippen molar-refractivity contribution in [2.24, 2.45) is 7.05 Å². The molecular weight excluding hydrogens is 234 g/mol. The summed E-state index contributed by atoms with van der Waals surface area (Å²) in [5.41, 5.74) is 2.06. The van der Waals surface area contributed by atoms with Crippen LogP contribution in [0.3, 0.4) is 0 Å². The number of nitro groups is 1. The van der Waals surface area contributed by atoms with E-state index in [9.17, 15) is 10.1 Å². The van der Waals surface area contributed by atoms with Crippen LogP contribution in [0.15, 0.2) is 30.5 Å². The average Bonchev–Trinajstić information content (AvgIpc) is 2.93. The summed E-state index contributed by atoms with van der Waals surface area (Å²) in [6, 6.07) is 6.35. The number of non-ortho nitro benzene ring substituents is 1. The molecule has 3 aromatic rings. The van der Waals surface area contributed by atoms with Gasteiger partial charge >= 0.3 is 0 Å². The van der Waals surface area contributed by atoms with Gasteiger partial charge in [0.05, 0.1) is 16.0 Å². The average molecular weight is 243 g/mol. The standard InChI is InChI=1S/C11H9N5O2/c1-15-5-4-9(14-15)11-12-8-3-2-7(16(17)18)6-10(8)13-11/h2-6H,1H3,(H,12,13). The van der Waals surface area contributed by atoms with E-state index in [1.165, 1.54) is 12.1 Å². The van der Waals surface area contributed by atoms with Gasteiger partial charge in [0, 0.05) is 25.4 Å². The summed E-state index contributed by atoms with van der Waals surface area (Å²) < 4.78 is 1.67. The number of hydrogen-bond acceptors (Lipinski definition) is 4. The Morgan fingerprint density at radius 2 is 2.22 bits per heavy atom. The second-order valence-corrected chi connectivity index (χ2v) is 3.92. The molecule has 0 aliphatic heterocycles. The minimum absolute atomic E-state index is 0.0405. The van der Waals surface area contributed by atoms with Gasteiger partial charge in [-0.1, -0.05) is 0 Å². The van der Waals surface area contributed by atoms with Gasteiger partial charge in [-0.25, -0.2) is 4.98 Å². The van der Waals surface area contributed by atoms with E-state index in [1.54, 1.807) is 10.7 Å². The van der Waals surface area contributed by atoms with Crippen LogP contribution in [0.5, 0.6) is 0 Å². The number of imidazole rings is 1. The number of hydrogen-bond donors (Lipinski definition) is 1. The van der Waals surface area contributed by atoms with Gasteiger partial charge in [0.25, 0.3) is 5.69 Å². The Bertz CT molecular complexity index is 743. The van der Waals surface area contributed by atoms with Gasteiger partial charge in [-0.05, 0) is 12.1 Å². The molecule has 2 heterocycles. The third kappa shape index (κ3) is 1.61. The number of H-pyrrole nitrogens is 1. The molecule has 0 fully saturated rings. The monoisotopic (exact) mass is 243 g/mol. The molecule has 0 bridgehead atoms. The first-order valence-electron chi connectivity index (χ1n) is 5.28. The number of aryl methyl sites for hydroxylation is 1. The fourth-order valence-corrected chi connectivity index (χ4v) is 1.77. The molecule has 0 spiro atoms. The number of nitrogens with zero attached hydrogens (tertiary/aromatic N) is 4. The molecule has 0 amide bonds. The van der Waals surface area contributed by atoms with E-state index >= 15 is 0 Å². The molecule has 0 radical (unpaired) electrons. The van der Waals surface area contributed by atoms with Crippen molar-refractivity contribution < 1.29 is 4.92 Å². The smallest absolute Gasteiger partial charge is 0.271 e. The zero-order chi connectivity index (χ0) is 12.7. The Hall–Kier alpha value is -2.70. The molecule has 90 valence electrons. The molecule has 3 rings (SSSR count). The molecule has 7 heteroatoms. The highest BCUT2D eigenvalue weighted by atomic mass is 16.6. The van der Waals surface area contributed by atoms with Crippen molar-refractivity contribution in [3.8, 4) is 11.5 Å². The number of rotatable bonds is 2. The van der Waals surface area contributed by atoms with Crippen molar-refractivity contribution in [3.63, 3.8) is 0 Å². The number of benzene rings is 1. The summed E-state index contributed by atoms with van der Waals surface area (Å²) in [4.78, 5) is 17.6. The van der Waals surface area contributed by atoms with Gasteiger partial charge in [0.2, 0.25) is 0 Å². The number of fused-ring (bicyclic) bond motifs is 1. The second-order valence-electron chi connectivity index (χ2n) is 3.92. The van der Waals surface area contributed by atoms with Crippen LogP contribution in [0.25, 0.3) is 22.6 Å². The zero-order valence-electron chi connectivity index (χ0n) is 9.49. The number of aromatic amines is 1. The quantitative estimate of drug-likeness (QED) is 0.549. The maximum Gasteiger partial charge on any atom is 0.271 e. The number of nitrogens with one attached hydrogen (secondary N) is 1. The molecular formula is C11H9N5O2. The molecule has 0 aliphatic carbocycles. The summed E-state index contributed by atoms with van der Waals surface area (Å²) in [6.07, 6.45) is 1.81. The fourth-order valence-electron chi connectivity index (χ4n) is 1.77. The summed E-state index contributed by atoms with van der Waals surface area (Å²) in [5, 5.41) is 14.9. The Morgan fingerprint density at radius 3 is 2.89 bits per heavy atom. The summed E-state index contributed by atoms with van der Waals surface area (Å²) in [6.45, 7) is 0. The Morgan fingerprint density at radius 1 is 1.39 bits per heavy atom. The van der Waals surface area contributed by atoms with Crippen LogP contribution in [0.2, 0.25) is 0 Å². The van der Waals surface area contributed by atoms with E-state index in [0.717, 1.165) is 0 Å². The molecule has 18 heavy (non-hydrogen) atoms. The van der Waals surface area contributed by atoms with E-state index in [2.05, 4.69) is 15.1 Å². The maximum atomic E-state index is 10.7. The predicted molar refractivity (Wildman–Crippen MR) is 65.0 cm³/mol. The van der Waals surface area contributed by atoms with Crippen molar-refractivity contribution in [2.45, 2.75) is 0 Å². The molecule has 0 saturated carbocycles. The van der Waals surface area contributed by atoms with E-state index in [4.69, 9.17) is 0 Å². The topological polar surface area (TPSA) is 89.6 Å². The Kier molecular flexibility index (Phi) is 2.12. The third-order valence-corrected chi connectivity index (χ3v) is 2.63. The van der Waals surface area contributed by atoms with Crippen molar-refractivity contribution in [3.05, 3.63) is 40.6 Å². The lowest BCUT2D eigenvalue weighted by molar-refractivity contribution is -0.384. The van der Waals surface area contributed by atoms with Crippen LogP contribution in [-0.2, 0) is 7.05 Å². The van der Waals surface area contributed by atoms with Crippen LogP contribution in [0, 0.1) is 10.1 Å². The number of aromatic nitrogens is 4. The third-order valence-electron chi connectivity index (χ3n) is 2.63. The first-order valence-corrected chi connectivity index (χ1v) is 5.28. The van der Waals surface area contributed by atoms with Crippen LogP contribution < -0.4 is 0 Å². The van der Waals surface area contributed by atoms with Crippen molar-refractivity contribution >= 4 is 16.7 Å². The van der Waals surface area contributed by atoms with Crippen LogP contribution in [0.4, 0.5) is 5.69 Å². The Labute approximate surface area is 101 Å². The lowest BCUT2D eigenvalue weighted by Gasteiger charge is -1.89. The van der Waals surface area contributed by atoms with E-state index < -0.39 is 4.92 Å². The van der Waals surface area contributed by atoms with Crippen molar-refractivity contribution in [2.75, 3.05) is 0 Å². The van der Waals surface area contributed by atoms with Crippen LogP contribution >= 0.6 is 0 Å². The first kappa shape index (κ1) is 10.5. The summed E-state index contributed by atoms with van der Waals surface area (Å²) in [5.74, 6) is 0.603. The van der Waals surface area contributed by atoms with E-state index in [0.29, 0.717) is 22.6 Å². The lowest BCUT2D eigenvalue weighted by atomic mass is 10.3. The van der Waals surface area contributed by atoms with Crippen molar-refractivity contribution in [1.82, 2.24) is 19.7 Å². The molecule has 2 aromatic heterocycles. The minimum Gasteiger partial charge on any atom is -0.336 e. The Balaban J connectivity index is 2.13. The predicted octanol–water partition coefficient (Wildman–Crippen LogP) is 1.87. The van der Waals surface area contributed by atoms with E-state index in [1.807, 2.05) is 19.3 Å². The lowest BCUT2D eigenvalue weighted by Crippen LogP contribution is -1.88. The molecule has 7 nitrogen and oxygen atoms in total. The van der Waals surface area contributed by atoms with Gasteiger partial charge in [-0.2, -0.15) is 5.10 Å². The largest absolute Gasteiger partial charge is 0.336 e.